The lowest BCUT2D eigenvalue weighted by molar-refractivity contribution is 1.37. The van der Waals surface area contributed by atoms with Gasteiger partial charge in [0.15, 0.2) is 0 Å². The van der Waals surface area contributed by atoms with Crippen molar-refractivity contribution in [2.45, 2.75) is 20.8 Å². The summed E-state index contributed by atoms with van der Waals surface area (Å²) >= 11 is 0. The highest BCUT2D eigenvalue weighted by atomic mass is 14.9. The SMILES string of the molecule is Cc1ccc(C(=Cc2ccc(-c3ccc(C(=Cc4ccc(Nc5ccc(C)cc5C)cc4)c4ccccc4)cc3)cc2)c2ccccc2)cc1. The molecule has 0 unspecified atom stereocenters. The Hall–Kier alpha value is -6.18. The van der Waals surface area contributed by atoms with Gasteiger partial charge in [0.2, 0.25) is 0 Å². The molecule has 0 atom stereocenters. The Kier molecular flexibility index (Phi) is 9.67. The van der Waals surface area contributed by atoms with Crippen molar-refractivity contribution in [3.8, 4) is 11.1 Å². The van der Waals surface area contributed by atoms with Crippen LogP contribution in [0.5, 0.6) is 0 Å². The van der Waals surface area contributed by atoms with Crippen LogP contribution in [0, 0.1) is 20.8 Å². The van der Waals surface area contributed by atoms with E-state index in [0.29, 0.717) is 0 Å². The molecule has 7 aromatic rings. The van der Waals surface area contributed by atoms with Crippen LogP contribution in [0.1, 0.15) is 50.1 Å². The van der Waals surface area contributed by atoms with Crippen molar-refractivity contribution in [3.63, 3.8) is 0 Å². The summed E-state index contributed by atoms with van der Waals surface area (Å²) in [6.07, 6.45) is 4.57. The molecule has 0 heterocycles. The Morgan fingerprint density at radius 1 is 0.400 bits per heavy atom. The molecule has 50 heavy (non-hydrogen) atoms. The van der Waals surface area contributed by atoms with E-state index in [1.54, 1.807) is 0 Å². The summed E-state index contributed by atoms with van der Waals surface area (Å²) in [6, 6.07) is 63.0. The zero-order valence-electron chi connectivity index (χ0n) is 28.9. The summed E-state index contributed by atoms with van der Waals surface area (Å²) in [5.41, 5.74) is 17.9. The van der Waals surface area contributed by atoms with E-state index in [9.17, 15) is 0 Å². The molecule has 0 fully saturated rings. The van der Waals surface area contributed by atoms with Gasteiger partial charge in [-0.15, -0.1) is 0 Å². The van der Waals surface area contributed by atoms with E-state index in [0.717, 1.165) is 16.9 Å². The van der Waals surface area contributed by atoms with E-state index in [1.165, 1.54) is 66.8 Å². The van der Waals surface area contributed by atoms with Gasteiger partial charge in [0.1, 0.15) is 0 Å². The quantitative estimate of drug-likeness (QED) is 0.154. The van der Waals surface area contributed by atoms with Crippen LogP contribution >= 0.6 is 0 Å². The van der Waals surface area contributed by atoms with Crippen molar-refractivity contribution in [2.24, 2.45) is 0 Å². The van der Waals surface area contributed by atoms with E-state index < -0.39 is 0 Å². The van der Waals surface area contributed by atoms with E-state index in [4.69, 9.17) is 0 Å². The van der Waals surface area contributed by atoms with Crippen LogP contribution in [0.4, 0.5) is 11.4 Å². The Morgan fingerprint density at radius 3 is 1.32 bits per heavy atom. The number of hydrogen-bond acceptors (Lipinski definition) is 1. The highest BCUT2D eigenvalue weighted by molar-refractivity contribution is 5.93. The number of nitrogens with one attached hydrogen (secondary N) is 1. The maximum absolute atomic E-state index is 3.57. The molecule has 0 saturated heterocycles. The molecular weight excluding hydrogens is 603 g/mol. The lowest BCUT2D eigenvalue weighted by atomic mass is 9.93. The number of aryl methyl sites for hydroxylation is 3. The van der Waals surface area contributed by atoms with Gasteiger partial charge in [-0.3, -0.25) is 0 Å². The second kappa shape index (κ2) is 14.9. The van der Waals surface area contributed by atoms with E-state index >= 15 is 0 Å². The topological polar surface area (TPSA) is 12.0 Å². The third-order valence-corrected chi connectivity index (χ3v) is 9.17. The van der Waals surface area contributed by atoms with Crippen LogP contribution in [0.15, 0.2) is 176 Å². The molecule has 7 rings (SSSR count). The van der Waals surface area contributed by atoms with Crippen molar-refractivity contribution in [1.29, 1.82) is 0 Å². The molecule has 0 bridgehead atoms. The average molecular weight is 644 g/mol. The first-order chi connectivity index (χ1) is 24.5. The third kappa shape index (κ3) is 7.75. The highest BCUT2D eigenvalue weighted by Crippen LogP contribution is 2.31. The van der Waals surface area contributed by atoms with Crippen LogP contribution in [0.3, 0.4) is 0 Å². The second-order valence-corrected chi connectivity index (χ2v) is 13.0. The smallest absolute Gasteiger partial charge is 0.0414 e. The minimum Gasteiger partial charge on any atom is -0.355 e. The summed E-state index contributed by atoms with van der Waals surface area (Å²) in [5, 5.41) is 3.57. The maximum atomic E-state index is 3.57. The number of benzene rings is 7. The molecule has 0 saturated carbocycles. The maximum Gasteiger partial charge on any atom is 0.0414 e. The number of rotatable bonds is 9. The standard InChI is InChI=1S/C49H41N/c1-35-14-21-44(22-15-35)47(42-10-6-4-7-11-42)33-38-17-23-40(24-18-38)41-25-27-45(28-26-41)48(43-12-8-5-9-13-43)34-39-19-29-46(30-20-39)50-49-31-16-36(2)32-37(49)3/h4-34,50H,1-3H3. The van der Waals surface area contributed by atoms with Gasteiger partial charge in [-0.1, -0.05) is 169 Å². The minimum atomic E-state index is 1.08. The van der Waals surface area contributed by atoms with Crippen LogP contribution in [0.25, 0.3) is 34.4 Å². The Bertz CT molecular complexity index is 2240. The molecule has 0 spiro atoms. The zero-order valence-corrected chi connectivity index (χ0v) is 28.9. The fourth-order valence-corrected chi connectivity index (χ4v) is 6.35. The molecule has 0 aromatic heterocycles. The Labute approximate surface area is 296 Å². The van der Waals surface area contributed by atoms with Crippen LogP contribution in [-0.4, -0.2) is 0 Å². The number of anilines is 2. The molecular formula is C49H41N. The molecule has 0 amide bonds. The van der Waals surface area contributed by atoms with Crippen molar-refractivity contribution in [1.82, 2.24) is 0 Å². The predicted octanol–water partition coefficient (Wildman–Crippen LogP) is 13.2. The summed E-state index contributed by atoms with van der Waals surface area (Å²) in [5.74, 6) is 0. The summed E-state index contributed by atoms with van der Waals surface area (Å²) < 4.78 is 0. The van der Waals surface area contributed by atoms with Gasteiger partial charge in [0.05, 0.1) is 0 Å². The van der Waals surface area contributed by atoms with Crippen LogP contribution in [-0.2, 0) is 0 Å². The molecule has 1 heteroatoms. The Morgan fingerprint density at radius 2 is 0.820 bits per heavy atom. The van der Waals surface area contributed by atoms with Gasteiger partial charge >= 0.3 is 0 Å². The lowest BCUT2D eigenvalue weighted by Gasteiger charge is -2.12. The molecule has 0 aliphatic heterocycles. The molecule has 1 N–H and O–H groups in total. The molecule has 1 nitrogen and oxygen atoms in total. The third-order valence-electron chi connectivity index (χ3n) is 9.17. The molecule has 0 aliphatic carbocycles. The van der Waals surface area contributed by atoms with Crippen LogP contribution in [0.2, 0.25) is 0 Å². The molecule has 242 valence electrons. The van der Waals surface area contributed by atoms with Crippen molar-refractivity contribution in [3.05, 3.63) is 226 Å². The van der Waals surface area contributed by atoms with Gasteiger partial charge < -0.3 is 5.32 Å². The van der Waals surface area contributed by atoms with Gasteiger partial charge in [0.25, 0.3) is 0 Å². The second-order valence-electron chi connectivity index (χ2n) is 13.0. The normalized spacial score (nSPS) is 11.7. The van der Waals surface area contributed by atoms with Gasteiger partial charge in [-0.05, 0) is 112 Å². The fourth-order valence-electron chi connectivity index (χ4n) is 6.35. The number of hydrogen-bond donors (Lipinski definition) is 1. The van der Waals surface area contributed by atoms with Gasteiger partial charge in [-0.2, -0.15) is 0 Å². The monoisotopic (exact) mass is 643 g/mol. The van der Waals surface area contributed by atoms with Gasteiger partial charge in [0, 0.05) is 11.4 Å². The summed E-state index contributed by atoms with van der Waals surface area (Å²) in [4.78, 5) is 0. The van der Waals surface area contributed by atoms with Crippen LogP contribution < -0.4 is 5.32 Å². The first kappa shape index (κ1) is 32.4. The molecule has 0 radical (unpaired) electrons. The Balaban J connectivity index is 1.14. The minimum absolute atomic E-state index is 1.08. The highest BCUT2D eigenvalue weighted by Gasteiger charge is 2.09. The fraction of sp³-hybridized carbons (Fsp3) is 0.0612. The summed E-state index contributed by atoms with van der Waals surface area (Å²) in [6.45, 7) is 6.40. The van der Waals surface area contributed by atoms with Crippen molar-refractivity contribution < 1.29 is 0 Å². The predicted molar refractivity (Wildman–Crippen MR) is 216 cm³/mol. The van der Waals surface area contributed by atoms with E-state index in [-0.39, 0.29) is 0 Å². The van der Waals surface area contributed by atoms with Gasteiger partial charge in [-0.25, -0.2) is 0 Å². The largest absolute Gasteiger partial charge is 0.355 e. The first-order valence-corrected chi connectivity index (χ1v) is 17.2. The average Bonchev–Trinajstić information content (AvgIpc) is 3.16. The summed E-state index contributed by atoms with van der Waals surface area (Å²) in [7, 11) is 0. The molecule has 7 aromatic carbocycles. The zero-order chi connectivity index (χ0) is 34.3. The first-order valence-electron chi connectivity index (χ1n) is 17.2. The molecule has 0 aliphatic rings. The van der Waals surface area contributed by atoms with E-state index in [2.05, 4.69) is 214 Å². The van der Waals surface area contributed by atoms with Crippen molar-refractivity contribution in [2.75, 3.05) is 5.32 Å². The lowest BCUT2D eigenvalue weighted by Crippen LogP contribution is -1.93. The van der Waals surface area contributed by atoms with Crippen molar-refractivity contribution >= 4 is 34.7 Å². The van der Waals surface area contributed by atoms with E-state index in [1.807, 2.05) is 0 Å².